The van der Waals surface area contributed by atoms with E-state index in [1.54, 1.807) is 12.4 Å². The molecule has 104 valence electrons. The van der Waals surface area contributed by atoms with Gasteiger partial charge in [0.25, 0.3) is 0 Å². The van der Waals surface area contributed by atoms with E-state index in [1.165, 1.54) is 11.8 Å². The van der Waals surface area contributed by atoms with Gasteiger partial charge in [-0.2, -0.15) is 0 Å². The van der Waals surface area contributed by atoms with Crippen LogP contribution in [0.2, 0.25) is 0 Å². The number of carbonyl (C=O) groups is 2. The van der Waals surface area contributed by atoms with Gasteiger partial charge in [-0.05, 0) is 32.4 Å². The minimum Gasteiger partial charge on any atom is -0.481 e. The average Bonchev–Trinajstić information content (AvgIpc) is 2.35. The number of hydrogen-bond acceptors (Lipinski definition) is 4. The minimum absolute atomic E-state index is 0.0464. The molecule has 6 heteroatoms. The van der Waals surface area contributed by atoms with Gasteiger partial charge in [0.15, 0.2) is 0 Å². The van der Waals surface area contributed by atoms with E-state index in [0.29, 0.717) is 12.2 Å². The summed E-state index contributed by atoms with van der Waals surface area (Å²) in [6, 6.07) is 3.68. The van der Waals surface area contributed by atoms with E-state index in [9.17, 15) is 9.59 Å². The molecule has 1 aromatic heterocycles. The molecule has 0 aliphatic carbocycles. The number of thioether (sulfide) groups is 1. The second kappa shape index (κ2) is 7.13. The monoisotopic (exact) mass is 282 g/mol. The SMILES string of the molecule is CC(C)(CCC(=O)O)NC(=O)CSc1ccncc1. The van der Waals surface area contributed by atoms with E-state index in [-0.39, 0.29) is 12.3 Å². The molecule has 0 atom stereocenters. The van der Waals surface area contributed by atoms with E-state index >= 15 is 0 Å². The van der Waals surface area contributed by atoms with Crippen LogP contribution in [0.4, 0.5) is 0 Å². The predicted octanol–water partition coefficient (Wildman–Crippen LogP) is 1.93. The van der Waals surface area contributed by atoms with Crippen molar-refractivity contribution < 1.29 is 14.7 Å². The summed E-state index contributed by atoms with van der Waals surface area (Å²) in [5, 5.41) is 11.5. The molecular weight excluding hydrogens is 264 g/mol. The lowest BCUT2D eigenvalue weighted by atomic mass is 9.98. The molecule has 0 aromatic carbocycles. The quantitative estimate of drug-likeness (QED) is 0.747. The highest BCUT2D eigenvalue weighted by Crippen LogP contribution is 2.17. The second-order valence-electron chi connectivity index (χ2n) is 4.80. The number of hydrogen-bond donors (Lipinski definition) is 2. The highest BCUT2D eigenvalue weighted by molar-refractivity contribution is 8.00. The van der Waals surface area contributed by atoms with Crippen LogP contribution in [0.15, 0.2) is 29.4 Å². The molecule has 1 heterocycles. The fourth-order valence-corrected chi connectivity index (χ4v) is 2.16. The number of nitrogens with one attached hydrogen (secondary N) is 1. The summed E-state index contributed by atoms with van der Waals surface area (Å²) in [6.45, 7) is 3.65. The van der Waals surface area contributed by atoms with Gasteiger partial charge >= 0.3 is 5.97 Å². The van der Waals surface area contributed by atoms with Crippen LogP contribution in [0, 0.1) is 0 Å². The molecule has 0 unspecified atom stereocenters. The third-order valence-electron chi connectivity index (χ3n) is 2.46. The molecule has 0 bridgehead atoms. The smallest absolute Gasteiger partial charge is 0.303 e. The van der Waals surface area contributed by atoms with Gasteiger partial charge < -0.3 is 10.4 Å². The molecule has 0 aliphatic rings. The number of aromatic nitrogens is 1. The van der Waals surface area contributed by atoms with E-state index < -0.39 is 11.5 Å². The maximum Gasteiger partial charge on any atom is 0.303 e. The van der Waals surface area contributed by atoms with Gasteiger partial charge in [-0.1, -0.05) is 0 Å². The molecule has 0 radical (unpaired) electrons. The van der Waals surface area contributed by atoms with Crippen molar-refractivity contribution in [1.29, 1.82) is 0 Å². The van der Waals surface area contributed by atoms with Gasteiger partial charge in [-0.3, -0.25) is 14.6 Å². The van der Waals surface area contributed by atoms with E-state index in [4.69, 9.17) is 5.11 Å². The Morgan fingerprint density at radius 3 is 2.58 bits per heavy atom. The van der Waals surface area contributed by atoms with Crippen LogP contribution in [0.25, 0.3) is 0 Å². The number of aliphatic carboxylic acids is 1. The van der Waals surface area contributed by atoms with E-state index in [0.717, 1.165) is 4.90 Å². The number of carboxylic acids is 1. The van der Waals surface area contributed by atoms with Gasteiger partial charge in [0, 0.05) is 29.2 Å². The van der Waals surface area contributed by atoms with Crippen LogP contribution in [0.5, 0.6) is 0 Å². The fraction of sp³-hybridized carbons (Fsp3) is 0.462. The van der Waals surface area contributed by atoms with Crippen molar-refractivity contribution in [3.63, 3.8) is 0 Å². The Kier molecular flexibility index (Phi) is 5.82. The van der Waals surface area contributed by atoms with Crippen LogP contribution < -0.4 is 5.32 Å². The fourth-order valence-electron chi connectivity index (χ4n) is 1.48. The molecule has 0 spiro atoms. The molecule has 19 heavy (non-hydrogen) atoms. The molecule has 0 saturated carbocycles. The van der Waals surface area contributed by atoms with Gasteiger partial charge in [0.2, 0.25) is 5.91 Å². The van der Waals surface area contributed by atoms with Gasteiger partial charge in [0.1, 0.15) is 0 Å². The summed E-state index contributed by atoms with van der Waals surface area (Å²) in [5.41, 5.74) is -0.506. The lowest BCUT2D eigenvalue weighted by Gasteiger charge is -2.25. The number of pyridine rings is 1. The van der Waals surface area contributed by atoms with Crippen LogP contribution in [-0.4, -0.2) is 33.3 Å². The third kappa shape index (κ3) is 6.81. The second-order valence-corrected chi connectivity index (χ2v) is 5.85. The molecule has 0 saturated heterocycles. The largest absolute Gasteiger partial charge is 0.481 e. The zero-order chi connectivity index (χ0) is 14.3. The normalized spacial score (nSPS) is 11.1. The topological polar surface area (TPSA) is 79.3 Å². The lowest BCUT2D eigenvalue weighted by molar-refractivity contribution is -0.137. The summed E-state index contributed by atoms with van der Waals surface area (Å²) in [5.74, 6) is -0.647. The van der Waals surface area contributed by atoms with Crippen LogP contribution in [-0.2, 0) is 9.59 Å². The van der Waals surface area contributed by atoms with E-state index in [1.807, 2.05) is 26.0 Å². The molecule has 0 aliphatic heterocycles. The Labute approximate surface area is 116 Å². The molecule has 2 N–H and O–H groups in total. The molecule has 1 rings (SSSR count). The standard InChI is InChI=1S/C13H18N2O3S/c1-13(2,6-3-12(17)18)15-11(16)9-19-10-4-7-14-8-5-10/h4-5,7-8H,3,6,9H2,1-2H3,(H,15,16)(H,17,18). The number of nitrogens with zero attached hydrogens (tertiary/aromatic N) is 1. The first-order valence-corrected chi connectivity index (χ1v) is 6.93. The summed E-state index contributed by atoms with van der Waals surface area (Å²) >= 11 is 1.43. The molecule has 1 amide bonds. The van der Waals surface area contributed by atoms with Crippen molar-refractivity contribution in [3.8, 4) is 0 Å². The highest BCUT2D eigenvalue weighted by Gasteiger charge is 2.21. The number of amides is 1. The first-order chi connectivity index (χ1) is 8.89. The summed E-state index contributed by atoms with van der Waals surface area (Å²) in [6.07, 6.45) is 3.81. The van der Waals surface area contributed by atoms with Crippen LogP contribution in [0.3, 0.4) is 0 Å². The Morgan fingerprint density at radius 2 is 2.00 bits per heavy atom. The Balaban J connectivity index is 2.36. The van der Waals surface area contributed by atoms with Gasteiger partial charge in [-0.15, -0.1) is 11.8 Å². The van der Waals surface area contributed by atoms with Crippen molar-refractivity contribution in [1.82, 2.24) is 10.3 Å². The minimum atomic E-state index is -0.853. The Hall–Kier alpha value is -1.56. The number of rotatable bonds is 7. The summed E-state index contributed by atoms with van der Waals surface area (Å²) < 4.78 is 0. The summed E-state index contributed by atoms with van der Waals surface area (Å²) in [7, 11) is 0. The average molecular weight is 282 g/mol. The molecule has 1 aromatic rings. The van der Waals surface area contributed by atoms with Crippen molar-refractivity contribution >= 4 is 23.6 Å². The maximum absolute atomic E-state index is 11.8. The first-order valence-electron chi connectivity index (χ1n) is 5.95. The van der Waals surface area contributed by atoms with Crippen LogP contribution >= 0.6 is 11.8 Å². The van der Waals surface area contributed by atoms with Crippen molar-refractivity contribution in [2.45, 2.75) is 37.1 Å². The highest BCUT2D eigenvalue weighted by atomic mass is 32.2. The Morgan fingerprint density at radius 1 is 1.37 bits per heavy atom. The van der Waals surface area contributed by atoms with Crippen molar-refractivity contribution in [2.24, 2.45) is 0 Å². The van der Waals surface area contributed by atoms with Crippen molar-refractivity contribution in [2.75, 3.05) is 5.75 Å². The zero-order valence-electron chi connectivity index (χ0n) is 11.0. The number of carboxylic acid groups (broad SMARTS) is 1. The van der Waals surface area contributed by atoms with Crippen molar-refractivity contribution in [3.05, 3.63) is 24.5 Å². The first kappa shape index (κ1) is 15.5. The number of carbonyl (C=O) groups excluding carboxylic acids is 1. The Bertz CT molecular complexity index is 435. The zero-order valence-corrected chi connectivity index (χ0v) is 11.9. The molecule has 0 fully saturated rings. The third-order valence-corrected chi connectivity index (χ3v) is 3.47. The van der Waals surface area contributed by atoms with Gasteiger partial charge in [-0.25, -0.2) is 0 Å². The van der Waals surface area contributed by atoms with Crippen LogP contribution in [0.1, 0.15) is 26.7 Å². The molecular formula is C13H18N2O3S. The van der Waals surface area contributed by atoms with E-state index in [2.05, 4.69) is 10.3 Å². The van der Waals surface area contributed by atoms with Gasteiger partial charge in [0.05, 0.1) is 5.75 Å². The molecule has 5 nitrogen and oxygen atoms in total. The lowest BCUT2D eigenvalue weighted by Crippen LogP contribution is -2.44. The summed E-state index contributed by atoms with van der Waals surface area (Å²) in [4.78, 5) is 27.2. The predicted molar refractivity (Wildman–Crippen MR) is 74.1 cm³/mol. The maximum atomic E-state index is 11.8.